The standard InChI is InChI=1S/C23H28N8O4S/c1-6-30-11-10-16(28-30)22-26-27-23(31(22)19-17(34-4)8-7-9-18(19)35-5)29-36(33)15(3)20(32)21-24-12-14(2)13-25-21/h7-13,15,20,32H,6H2,1-5H3,(H,27,29). The van der Waals surface area contributed by atoms with Crippen LogP contribution in [0.25, 0.3) is 17.2 Å². The lowest BCUT2D eigenvalue weighted by Gasteiger charge is -2.20. The highest BCUT2D eigenvalue weighted by atomic mass is 32.2. The number of aromatic nitrogens is 7. The number of nitrogens with zero attached hydrogens (tertiary/aromatic N) is 7. The number of ether oxygens (including phenoxy) is 2. The van der Waals surface area contributed by atoms with Crippen LogP contribution in [0.3, 0.4) is 0 Å². The molecule has 36 heavy (non-hydrogen) atoms. The van der Waals surface area contributed by atoms with Crippen molar-refractivity contribution in [1.82, 2.24) is 34.5 Å². The van der Waals surface area contributed by atoms with Gasteiger partial charge in [0, 0.05) is 25.1 Å². The lowest BCUT2D eigenvalue weighted by atomic mass is 10.2. The molecular formula is C23H28N8O4S. The third-order valence-corrected chi connectivity index (χ3v) is 6.84. The summed E-state index contributed by atoms with van der Waals surface area (Å²) in [5.74, 6) is 1.70. The molecule has 0 aliphatic rings. The summed E-state index contributed by atoms with van der Waals surface area (Å²) in [7, 11) is 1.28. The number of aliphatic hydroxyl groups excluding tert-OH is 1. The van der Waals surface area contributed by atoms with Gasteiger partial charge in [0.15, 0.2) is 11.6 Å². The first-order valence-corrected chi connectivity index (χ1v) is 12.4. The average molecular weight is 513 g/mol. The second kappa shape index (κ2) is 10.8. The monoisotopic (exact) mass is 512 g/mol. The second-order valence-corrected chi connectivity index (χ2v) is 9.46. The molecule has 1 aromatic carbocycles. The summed E-state index contributed by atoms with van der Waals surface area (Å²) in [5.41, 5.74) is 1.91. The summed E-state index contributed by atoms with van der Waals surface area (Å²) >= 11 is 0. The molecular weight excluding hydrogens is 484 g/mol. The Morgan fingerprint density at radius 1 is 1.11 bits per heavy atom. The third kappa shape index (κ3) is 4.93. The quantitative estimate of drug-likeness (QED) is 0.328. The van der Waals surface area contributed by atoms with E-state index >= 15 is 0 Å². The minimum Gasteiger partial charge on any atom is -0.494 e. The van der Waals surface area contributed by atoms with Crippen LogP contribution in [0.5, 0.6) is 11.5 Å². The predicted molar refractivity (Wildman–Crippen MR) is 134 cm³/mol. The number of nitrogens with one attached hydrogen (secondary N) is 1. The molecule has 3 aromatic heterocycles. The Hall–Kier alpha value is -3.84. The highest BCUT2D eigenvalue weighted by Crippen LogP contribution is 2.37. The van der Waals surface area contributed by atoms with E-state index < -0.39 is 22.3 Å². The largest absolute Gasteiger partial charge is 0.494 e. The molecule has 2 N–H and O–H groups in total. The molecule has 3 unspecified atom stereocenters. The van der Waals surface area contributed by atoms with Gasteiger partial charge in [-0.3, -0.25) is 14.0 Å². The van der Waals surface area contributed by atoms with Gasteiger partial charge in [-0.05, 0) is 44.5 Å². The number of methoxy groups -OCH3 is 2. The summed E-state index contributed by atoms with van der Waals surface area (Å²) in [5, 5.41) is 23.1. The summed E-state index contributed by atoms with van der Waals surface area (Å²) in [6.45, 7) is 6.13. The molecule has 4 rings (SSSR count). The maximum atomic E-state index is 13.3. The van der Waals surface area contributed by atoms with Gasteiger partial charge in [-0.1, -0.05) is 6.07 Å². The van der Waals surface area contributed by atoms with Gasteiger partial charge in [0.25, 0.3) is 0 Å². The van der Waals surface area contributed by atoms with Gasteiger partial charge in [-0.25, -0.2) is 14.2 Å². The van der Waals surface area contributed by atoms with Crippen LogP contribution in [-0.2, 0) is 17.5 Å². The molecule has 0 saturated carbocycles. The van der Waals surface area contributed by atoms with Crippen LogP contribution in [0.4, 0.5) is 5.95 Å². The molecule has 3 atom stereocenters. The van der Waals surface area contributed by atoms with E-state index in [9.17, 15) is 9.32 Å². The number of hydrogen-bond acceptors (Lipinski definition) is 9. The van der Waals surface area contributed by atoms with Crippen LogP contribution >= 0.6 is 0 Å². The van der Waals surface area contributed by atoms with E-state index in [-0.39, 0.29) is 11.8 Å². The molecule has 0 amide bonds. The molecule has 0 radical (unpaired) electrons. The van der Waals surface area contributed by atoms with Crippen molar-refractivity contribution >= 4 is 16.9 Å². The van der Waals surface area contributed by atoms with Crippen molar-refractivity contribution in [3.8, 4) is 28.7 Å². The first-order chi connectivity index (χ1) is 17.4. The highest BCUT2D eigenvalue weighted by Gasteiger charge is 2.29. The second-order valence-electron chi connectivity index (χ2n) is 7.92. The minimum absolute atomic E-state index is 0.154. The van der Waals surface area contributed by atoms with E-state index in [1.54, 1.807) is 61.0 Å². The Morgan fingerprint density at radius 3 is 2.36 bits per heavy atom. The Balaban J connectivity index is 1.76. The predicted octanol–water partition coefficient (Wildman–Crippen LogP) is 2.46. The molecule has 13 heteroatoms. The normalized spacial score (nSPS) is 13.7. The van der Waals surface area contributed by atoms with Crippen LogP contribution in [-0.4, -0.2) is 63.3 Å². The Morgan fingerprint density at radius 2 is 1.78 bits per heavy atom. The SMILES string of the molecule is CCn1ccc(-c2nnc(NS(=O)C(C)C(O)c3ncc(C)cn3)n2-c2c(OC)cccc2OC)n1. The van der Waals surface area contributed by atoms with Gasteiger partial charge in [0.1, 0.15) is 40.0 Å². The third-order valence-electron chi connectivity index (χ3n) is 5.52. The Kier molecular flexibility index (Phi) is 7.60. The molecule has 3 heterocycles. The van der Waals surface area contributed by atoms with Gasteiger partial charge in [-0.15, -0.1) is 10.2 Å². The van der Waals surface area contributed by atoms with Crippen LogP contribution in [0.1, 0.15) is 31.3 Å². The van der Waals surface area contributed by atoms with Gasteiger partial charge in [-0.2, -0.15) is 5.10 Å². The summed E-state index contributed by atoms with van der Waals surface area (Å²) in [6, 6.07) is 7.15. The van der Waals surface area contributed by atoms with Crippen molar-refractivity contribution < 1.29 is 18.8 Å². The van der Waals surface area contributed by atoms with Gasteiger partial charge >= 0.3 is 0 Å². The van der Waals surface area contributed by atoms with Crippen molar-refractivity contribution in [2.75, 3.05) is 18.9 Å². The maximum Gasteiger partial charge on any atom is 0.241 e. The molecule has 4 aromatic rings. The maximum absolute atomic E-state index is 13.3. The van der Waals surface area contributed by atoms with Crippen molar-refractivity contribution in [1.29, 1.82) is 0 Å². The zero-order valence-corrected chi connectivity index (χ0v) is 21.4. The Labute approximate surface area is 210 Å². The first kappa shape index (κ1) is 25.3. The average Bonchev–Trinajstić information content (AvgIpc) is 3.54. The molecule has 0 fully saturated rings. The first-order valence-electron chi connectivity index (χ1n) is 11.2. The fourth-order valence-corrected chi connectivity index (χ4v) is 4.36. The molecule has 190 valence electrons. The van der Waals surface area contributed by atoms with Crippen LogP contribution in [0, 0.1) is 6.92 Å². The van der Waals surface area contributed by atoms with E-state index in [2.05, 4.69) is 30.0 Å². The number of aryl methyl sites for hydroxylation is 2. The minimum atomic E-state index is -1.80. The fraction of sp³-hybridized carbons (Fsp3) is 0.348. The van der Waals surface area contributed by atoms with E-state index in [1.807, 2.05) is 26.1 Å². The number of benzene rings is 1. The molecule has 0 saturated heterocycles. The zero-order chi connectivity index (χ0) is 25.8. The van der Waals surface area contributed by atoms with E-state index in [4.69, 9.17) is 9.47 Å². The zero-order valence-electron chi connectivity index (χ0n) is 20.6. The molecule has 0 aliphatic heterocycles. The highest BCUT2D eigenvalue weighted by molar-refractivity contribution is 7.87. The van der Waals surface area contributed by atoms with E-state index in [0.29, 0.717) is 35.2 Å². The summed E-state index contributed by atoms with van der Waals surface area (Å²) in [6.07, 6.45) is 3.86. The number of hydrogen-bond donors (Lipinski definition) is 2. The number of rotatable bonds is 10. The lowest BCUT2D eigenvalue weighted by Crippen LogP contribution is -2.27. The van der Waals surface area contributed by atoms with E-state index in [0.717, 1.165) is 5.56 Å². The van der Waals surface area contributed by atoms with E-state index in [1.165, 1.54) is 0 Å². The molecule has 0 bridgehead atoms. The van der Waals surface area contributed by atoms with Crippen molar-refractivity contribution in [2.24, 2.45) is 0 Å². The van der Waals surface area contributed by atoms with Gasteiger partial charge in [0.05, 0.1) is 19.5 Å². The number of anilines is 1. The van der Waals surface area contributed by atoms with Crippen molar-refractivity contribution in [3.05, 3.63) is 54.2 Å². The number of aliphatic hydroxyl groups is 1. The smallest absolute Gasteiger partial charge is 0.241 e. The van der Waals surface area contributed by atoms with Crippen LogP contribution in [0.2, 0.25) is 0 Å². The van der Waals surface area contributed by atoms with Crippen LogP contribution in [0.15, 0.2) is 42.9 Å². The topological polar surface area (TPSA) is 142 Å². The molecule has 0 spiro atoms. The number of para-hydroxylation sites is 1. The van der Waals surface area contributed by atoms with Gasteiger partial charge < -0.3 is 14.6 Å². The summed E-state index contributed by atoms with van der Waals surface area (Å²) in [4.78, 5) is 8.31. The lowest BCUT2D eigenvalue weighted by molar-refractivity contribution is 0.168. The fourth-order valence-electron chi connectivity index (χ4n) is 3.50. The molecule has 12 nitrogen and oxygen atoms in total. The molecule has 0 aliphatic carbocycles. The van der Waals surface area contributed by atoms with Gasteiger partial charge in [0.2, 0.25) is 5.95 Å². The van der Waals surface area contributed by atoms with Crippen LogP contribution < -0.4 is 14.2 Å². The van der Waals surface area contributed by atoms with Crippen molar-refractivity contribution in [2.45, 2.75) is 38.7 Å². The summed E-state index contributed by atoms with van der Waals surface area (Å²) < 4.78 is 30.8. The van der Waals surface area contributed by atoms with Crippen molar-refractivity contribution in [3.63, 3.8) is 0 Å². The Bertz CT molecular complexity index is 1330.